The lowest BCUT2D eigenvalue weighted by Gasteiger charge is -2.17. The molecule has 1 heterocycles. The van der Waals surface area contributed by atoms with Gasteiger partial charge in [0.05, 0.1) is 6.61 Å². The Balaban J connectivity index is 1.84. The Morgan fingerprint density at radius 3 is 2.62 bits per heavy atom. The summed E-state index contributed by atoms with van der Waals surface area (Å²) < 4.78 is 16.2. The van der Waals surface area contributed by atoms with E-state index >= 15 is 0 Å². The van der Waals surface area contributed by atoms with Crippen LogP contribution in [0.2, 0.25) is 0 Å². The molecular formula is C21H20O5. The molecule has 0 radical (unpaired) electrons. The van der Waals surface area contributed by atoms with Gasteiger partial charge >= 0.3 is 11.6 Å². The number of carbonyl (C=O) groups excluding carboxylic acids is 1. The second-order valence-corrected chi connectivity index (χ2v) is 6.44. The molecule has 3 aromatic rings. The molecule has 1 aliphatic carbocycles. The summed E-state index contributed by atoms with van der Waals surface area (Å²) >= 11 is 0. The molecule has 5 nitrogen and oxygen atoms in total. The number of aryl methyl sites for hydroxylation is 1. The molecule has 0 N–H and O–H groups in total. The minimum absolute atomic E-state index is 0.154. The number of ether oxygens (including phenoxy) is 2. The lowest BCUT2D eigenvalue weighted by Crippen LogP contribution is -2.16. The minimum atomic E-state index is -0.411. The molecule has 2 aromatic carbocycles. The highest BCUT2D eigenvalue weighted by molar-refractivity contribution is 6.07. The van der Waals surface area contributed by atoms with Crippen molar-refractivity contribution >= 4 is 27.7 Å². The molecule has 0 aliphatic heterocycles. The number of esters is 1. The van der Waals surface area contributed by atoms with Gasteiger partial charge in [0.2, 0.25) is 0 Å². The van der Waals surface area contributed by atoms with Crippen molar-refractivity contribution in [3.8, 4) is 5.75 Å². The zero-order valence-electron chi connectivity index (χ0n) is 14.7. The van der Waals surface area contributed by atoms with E-state index in [1.165, 1.54) is 0 Å². The topological polar surface area (TPSA) is 65.7 Å². The highest BCUT2D eigenvalue weighted by atomic mass is 16.6. The normalized spacial score (nSPS) is 13.6. The van der Waals surface area contributed by atoms with Crippen molar-refractivity contribution in [3.63, 3.8) is 0 Å². The van der Waals surface area contributed by atoms with Crippen LogP contribution in [0.25, 0.3) is 21.7 Å². The van der Waals surface area contributed by atoms with Crippen molar-refractivity contribution in [1.82, 2.24) is 0 Å². The van der Waals surface area contributed by atoms with Crippen LogP contribution in [0.15, 0.2) is 39.5 Å². The summed E-state index contributed by atoms with van der Waals surface area (Å²) in [5.74, 6) is 0.156. The van der Waals surface area contributed by atoms with Crippen molar-refractivity contribution in [1.29, 1.82) is 0 Å². The molecule has 5 heteroatoms. The predicted molar refractivity (Wildman–Crippen MR) is 98.8 cm³/mol. The summed E-state index contributed by atoms with van der Waals surface area (Å²) in [5.41, 5.74) is 2.28. The SMILES string of the molecule is CCOC(=O)COc1cccc2c1ccc1c3c(c(=O)oc12)CCCC3. The van der Waals surface area contributed by atoms with Gasteiger partial charge < -0.3 is 13.9 Å². The summed E-state index contributed by atoms with van der Waals surface area (Å²) in [7, 11) is 0. The van der Waals surface area contributed by atoms with E-state index in [1.54, 1.807) is 13.0 Å². The number of fused-ring (bicyclic) bond motifs is 5. The summed E-state index contributed by atoms with van der Waals surface area (Å²) in [6.45, 7) is 1.92. The standard InChI is InChI=1S/C21H20O5/c1-2-24-19(22)12-25-18-9-5-8-15-14(18)10-11-16-13-6-3-4-7-17(13)21(23)26-20(15)16/h5,8-11H,2-4,6-7,12H2,1H3. The molecule has 0 atom stereocenters. The Kier molecular flexibility index (Phi) is 4.37. The van der Waals surface area contributed by atoms with Crippen molar-refractivity contribution in [2.75, 3.05) is 13.2 Å². The maximum Gasteiger partial charge on any atom is 0.344 e. The van der Waals surface area contributed by atoms with Gasteiger partial charge in [-0.15, -0.1) is 0 Å². The van der Waals surface area contributed by atoms with Crippen molar-refractivity contribution in [3.05, 3.63) is 51.9 Å². The van der Waals surface area contributed by atoms with E-state index in [9.17, 15) is 9.59 Å². The van der Waals surface area contributed by atoms with Crippen LogP contribution in [0.1, 0.15) is 30.9 Å². The average molecular weight is 352 g/mol. The lowest BCUT2D eigenvalue weighted by atomic mass is 9.90. The first kappa shape index (κ1) is 16.6. The van der Waals surface area contributed by atoms with Crippen LogP contribution in [-0.4, -0.2) is 19.2 Å². The summed E-state index contributed by atoms with van der Waals surface area (Å²) in [5, 5.41) is 2.62. The van der Waals surface area contributed by atoms with Gasteiger partial charge in [0.25, 0.3) is 0 Å². The van der Waals surface area contributed by atoms with Crippen LogP contribution >= 0.6 is 0 Å². The van der Waals surface area contributed by atoms with E-state index in [1.807, 2.05) is 24.3 Å². The third-order valence-corrected chi connectivity index (χ3v) is 4.86. The molecular weight excluding hydrogens is 332 g/mol. The Morgan fingerprint density at radius 2 is 1.81 bits per heavy atom. The van der Waals surface area contributed by atoms with Crippen LogP contribution in [-0.2, 0) is 22.4 Å². The van der Waals surface area contributed by atoms with E-state index in [-0.39, 0.29) is 12.2 Å². The maximum absolute atomic E-state index is 12.4. The van der Waals surface area contributed by atoms with E-state index in [4.69, 9.17) is 13.9 Å². The highest BCUT2D eigenvalue weighted by Crippen LogP contribution is 2.34. The molecule has 1 aromatic heterocycles. The number of benzene rings is 2. The Bertz CT molecular complexity index is 1050. The molecule has 0 saturated carbocycles. The van der Waals surface area contributed by atoms with Crippen LogP contribution in [0.4, 0.5) is 0 Å². The molecule has 0 bridgehead atoms. The fourth-order valence-corrected chi connectivity index (χ4v) is 3.70. The first-order valence-electron chi connectivity index (χ1n) is 8.97. The van der Waals surface area contributed by atoms with Gasteiger partial charge in [-0.2, -0.15) is 0 Å². The van der Waals surface area contributed by atoms with Gasteiger partial charge in [-0.25, -0.2) is 9.59 Å². The van der Waals surface area contributed by atoms with Gasteiger partial charge in [0, 0.05) is 21.7 Å². The molecule has 134 valence electrons. The molecule has 0 saturated heterocycles. The van der Waals surface area contributed by atoms with E-state index < -0.39 is 5.97 Å². The number of carbonyl (C=O) groups is 1. The van der Waals surface area contributed by atoms with Gasteiger partial charge in [-0.3, -0.25) is 0 Å². The number of hydrogen-bond donors (Lipinski definition) is 0. The lowest BCUT2D eigenvalue weighted by molar-refractivity contribution is -0.145. The number of hydrogen-bond acceptors (Lipinski definition) is 5. The predicted octanol–water partition coefficient (Wildman–Crippen LogP) is 3.77. The zero-order chi connectivity index (χ0) is 18.1. The third-order valence-electron chi connectivity index (χ3n) is 4.86. The minimum Gasteiger partial charge on any atom is -0.481 e. The number of rotatable bonds is 4. The van der Waals surface area contributed by atoms with Gasteiger partial charge in [0.15, 0.2) is 6.61 Å². The van der Waals surface area contributed by atoms with Gasteiger partial charge in [-0.05, 0) is 50.3 Å². The zero-order valence-corrected chi connectivity index (χ0v) is 14.7. The molecule has 0 spiro atoms. The van der Waals surface area contributed by atoms with E-state index in [2.05, 4.69) is 0 Å². The Labute approximate surface area is 150 Å². The first-order valence-corrected chi connectivity index (χ1v) is 8.97. The smallest absolute Gasteiger partial charge is 0.344 e. The summed E-state index contributed by atoms with van der Waals surface area (Å²) in [4.78, 5) is 24.0. The van der Waals surface area contributed by atoms with Crippen LogP contribution in [0, 0.1) is 0 Å². The van der Waals surface area contributed by atoms with Crippen LogP contribution in [0.3, 0.4) is 0 Å². The first-order chi connectivity index (χ1) is 12.7. The largest absolute Gasteiger partial charge is 0.481 e. The third kappa shape index (κ3) is 2.83. The fourth-order valence-electron chi connectivity index (χ4n) is 3.70. The second kappa shape index (κ2) is 6.83. The molecule has 0 fully saturated rings. The molecule has 1 aliphatic rings. The monoisotopic (exact) mass is 352 g/mol. The van der Waals surface area contributed by atoms with Crippen LogP contribution < -0.4 is 10.4 Å². The quantitative estimate of drug-likeness (QED) is 0.406. The highest BCUT2D eigenvalue weighted by Gasteiger charge is 2.19. The average Bonchev–Trinajstić information content (AvgIpc) is 2.66. The maximum atomic E-state index is 12.4. The van der Waals surface area contributed by atoms with Crippen molar-refractivity contribution in [2.24, 2.45) is 0 Å². The van der Waals surface area contributed by atoms with Gasteiger partial charge in [-0.1, -0.05) is 18.2 Å². The molecule has 4 rings (SSSR count). The van der Waals surface area contributed by atoms with Crippen LogP contribution in [0.5, 0.6) is 5.75 Å². The molecule has 26 heavy (non-hydrogen) atoms. The summed E-state index contributed by atoms with van der Waals surface area (Å²) in [6.07, 6.45) is 3.81. The Morgan fingerprint density at radius 1 is 1.04 bits per heavy atom. The second-order valence-electron chi connectivity index (χ2n) is 6.44. The molecule has 0 amide bonds. The van der Waals surface area contributed by atoms with E-state index in [0.29, 0.717) is 17.9 Å². The Hall–Kier alpha value is -2.82. The molecule has 0 unspecified atom stereocenters. The van der Waals surface area contributed by atoms with Crippen molar-refractivity contribution < 1.29 is 18.7 Å². The van der Waals surface area contributed by atoms with Gasteiger partial charge in [0.1, 0.15) is 11.3 Å². The van der Waals surface area contributed by atoms with E-state index in [0.717, 1.165) is 53.0 Å². The fraction of sp³-hybridized carbons (Fsp3) is 0.333. The van der Waals surface area contributed by atoms with Crippen molar-refractivity contribution in [2.45, 2.75) is 32.6 Å². The summed E-state index contributed by atoms with van der Waals surface area (Å²) in [6, 6.07) is 9.49.